The second kappa shape index (κ2) is 6.87. The lowest BCUT2D eigenvalue weighted by molar-refractivity contribution is 1.14. The number of rotatable bonds is 1. The summed E-state index contributed by atoms with van der Waals surface area (Å²) in [5.74, 6) is 0. The van der Waals surface area contributed by atoms with Gasteiger partial charge in [-0.1, -0.05) is 72.8 Å². The molecular weight excluding hydrogens is 426 g/mol. The number of aromatic nitrogens is 2. The quantitative estimate of drug-likeness (QED) is 0.267. The Morgan fingerprint density at radius 1 is 0.514 bits per heavy atom. The van der Waals surface area contributed by atoms with Gasteiger partial charge in [-0.2, -0.15) is 0 Å². The lowest BCUT2D eigenvalue weighted by Crippen LogP contribution is -2.11. The van der Waals surface area contributed by atoms with Crippen LogP contribution in [0.3, 0.4) is 0 Å². The molecule has 3 heterocycles. The summed E-state index contributed by atoms with van der Waals surface area (Å²) in [6.07, 6.45) is 0. The van der Waals surface area contributed by atoms with E-state index in [1.165, 1.54) is 61.0 Å². The molecule has 0 bridgehead atoms. The zero-order chi connectivity index (χ0) is 22.9. The van der Waals surface area contributed by atoms with Gasteiger partial charge in [-0.25, -0.2) is 0 Å². The fourth-order valence-electron chi connectivity index (χ4n) is 5.77. The molecule has 35 heavy (non-hydrogen) atoms. The Kier molecular flexibility index (Phi) is 3.66. The Labute approximate surface area is 202 Å². The van der Waals surface area contributed by atoms with Crippen LogP contribution >= 0.6 is 0 Å². The normalized spacial score (nSPS) is 12.5. The lowest BCUT2D eigenvalue weighted by atomic mass is 10.1. The molecule has 0 unspecified atom stereocenters. The van der Waals surface area contributed by atoms with Crippen molar-refractivity contribution in [3.63, 3.8) is 0 Å². The number of nitrogens with one attached hydrogen (secondary N) is 1. The zero-order valence-electron chi connectivity index (χ0n) is 18.9. The third-order valence-electron chi connectivity index (χ3n) is 7.26. The Balaban J connectivity index is 1.53. The summed E-state index contributed by atoms with van der Waals surface area (Å²) >= 11 is 0. The number of hydrogen-bond acceptors (Lipinski definition) is 1. The minimum Gasteiger partial charge on any atom is -0.354 e. The van der Waals surface area contributed by atoms with E-state index in [9.17, 15) is 0 Å². The van der Waals surface area contributed by atoms with E-state index in [0.29, 0.717) is 0 Å². The first-order valence-electron chi connectivity index (χ1n) is 12.0. The van der Waals surface area contributed by atoms with Gasteiger partial charge >= 0.3 is 0 Å². The van der Waals surface area contributed by atoms with Gasteiger partial charge in [0.15, 0.2) is 0 Å². The van der Waals surface area contributed by atoms with Crippen molar-refractivity contribution in [1.29, 1.82) is 0 Å². The van der Waals surface area contributed by atoms with Crippen LogP contribution in [0.25, 0.3) is 49.7 Å². The molecule has 8 rings (SSSR count). The smallest absolute Gasteiger partial charge is 0.0702 e. The first-order chi connectivity index (χ1) is 17.4. The highest BCUT2D eigenvalue weighted by molar-refractivity contribution is 6.18. The molecule has 0 saturated carbocycles. The Morgan fingerprint density at radius 3 is 2.11 bits per heavy atom. The number of aromatic amines is 1. The Bertz CT molecular complexity index is 1910. The predicted molar refractivity (Wildman–Crippen MR) is 146 cm³/mol. The van der Waals surface area contributed by atoms with Crippen LogP contribution in [0.4, 0.5) is 17.1 Å². The van der Waals surface area contributed by atoms with Crippen LogP contribution in [0.2, 0.25) is 0 Å². The molecule has 2 aromatic heterocycles. The van der Waals surface area contributed by atoms with E-state index in [-0.39, 0.29) is 0 Å². The van der Waals surface area contributed by atoms with Crippen molar-refractivity contribution >= 4 is 49.8 Å². The van der Waals surface area contributed by atoms with E-state index in [2.05, 4.69) is 136 Å². The third-order valence-corrected chi connectivity index (χ3v) is 7.26. The van der Waals surface area contributed by atoms with Gasteiger partial charge in [-0.05, 0) is 48.5 Å². The van der Waals surface area contributed by atoms with Crippen molar-refractivity contribution in [3.8, 4) is 16.9 Å². The second-order valence-corrected chi connectivity index (χ2v) is 9.13. The molecule has 0 radical (unpaired) electrons. The van der Waals surface area contributed by atoms with Gasteiger partial charge in [0.05, 0.1) is 33.8 Å². The lowest BCUT2D eigenvalue weighted by Gasteiger charge is -2.26. The van der Waals surface area contributed by atoms with Crippen LogP contribution < -0.4 is 4.90 Å². The molecule has 3 nitrogen and oxygen atoms in total. The van der Waals surface area contributed by atoms with Gasteiger partial charge in [-0.3, -0.25) is 0 Å². The maximum Gasteiger partial charge on any atom is 0.0702 e. The molecule has 164 valence electrons. The summed E-state index contributed by atoms with van der Waals surface area (Å²) in [6.45, 7) is 0. The maximum atomic E-state index is 3.70. The van der Waals surface area contributed by atoms with Crippen molar-refractivity contribution in [3.05, 3.63) is 121 Å². The molecule has 7 aromatic rings. The highest BCUT2D eigenvalue weighted by Gasteiger charge is 2.27. The van der Waals surface area contributed by atoms with E-state index in [1.807, 2.05) is 0 Å². The zero-order valence-corrected chi connectivity index (χ0v) is 18.9. The van der Waals surface area contributed by atoms with Crippen molar-refractivity contribution in [1.82, 2.24) is 9.55 Å². The maximum absolute atomic E-state index is 3.70. The van der Waals surface area contributed by atoms with Crippen LogP contribution in [0.1, 0.15) is 0 Å². The van der Waals surface area contributed by atoms with Gasteiger partial charge in [0.25, 0.3) is 0 Å². The number of hydrogen-bond donors (Lipinski definition) is 1. The monoisotopic (exact) mass is 447 g/mol. The van der Waals surface area contributed by atoms with E-state index >= 15 is 0 Å². The number of para-hydroxylation sites is 5. The van der Waals surface area contributed by atoms with Gasteiger partial charge < -0.3 is 14.5 Å². The average molecular weight is 448 g/mol. The molecule has 3 heteroatoms. The highest BCUT2D eigenvalue weighted by atomic mass is 15.2. The summed E-state index contributed by atoms with van der Waals surface area (Å²) < 4.78 is 2.43. The first-order valence-corrected chi connectivity index (χ1v) is 12.0. The van der Waals surface area contributed by atoms with Gasteiger partial charge in [-0.15, -0.1) is 0 Å². The summed E-state index contributed by atoms with van der Waals surface area (Å²) in [5.41, 5.74) is 10.7. The second-order valence-electron chi connectivity index (χ2n) is 9.13. The molecule has 1 aliphatic rings. The van der Waals surface area contributed by atoms with E-state index in [0.717, 1.165) is 5.69 Å². The fourth-order valence-corrected chi connectivity index (χ4v) is 5.77. The highest BCUT2D eigenvalue weighted by Crippen LogP contribution is 2.49. The van der Waals surface area contributed by atoms with Crippen molar-refractivity contribution in [2.45, 2.75) is 0 Å². The molecule has 0 aliphatic carbocycles. The minimum absolute atomic E-state index is 1.15. The number of nitrogens with zero attached hydrogens (tertiary/aromatic N) is 2. The van der Waals surface area contributed by atoms with Crippen molar-refractivity contribution < 1.29 is 0 Å². The van der Waals surface area contributed by atoms with E-state index in [4.69, 9.17) is 0 Å². The van der Waals surface area contributed by atoms with Crippen molar-refractivity contribution in [2.75, 3.05) is 4.90 Å². The minimum atomic E-state index is 1.15. The average Bonchev–Trinajstić information content (AvgIpc) is 3.46. The van der Waals surface area contributed by atoms with Crippen molar-refractivity contribution in [2.24, 2.45) is 0 Å². The van der Waals surface area contributed by atoms with Crippen LogP contribution in [-0.4, -0.2) is 9.55 Å². The molecular formula is C32H21N3. The number of anilines is 3. The molecule has 5 aromatic carbocycles. The van der Waals surface area contributed by atoms with E-state index < -0.39 is 0 Å². The van der Waals surface area contributed by atoms with Crippen LogP contribution in [-0.2, 0) is 0 Å². The molecule has 1 aliphatic heterocycles. The van der Waals surface area contributed by atoms with Gasteiger partial charge in [0.1, 0.15) is 0 Å². The summed E-state index contributed by atoms with van der Waals surface area (Å²) in [7, 11) is 0. The van der Waals surface area contributed by atoms with Crippen LogP contribution in [0.5, 0.6) is 0 Å². The Hall–Kier alpha value is -4.76. The SMILES string of the molecule is c1ccc(N2c3ccccc3-c3cc4c5[nH]c6ccccc6c5ccc4n3-c3ccccc32)cc1. The topological polar surface area (TPSA) is 24.0 Å². The van der Waals surface area contributed by atoms with Crippen LogP contribution in [0.15, 0.2) is 121 Å². The molecule has 0 spiro atoms. The largest absolute Gasteiger partial charge is 0.354 e. The van der Waals surface area contributed by atoms with Gasteiger partial charge in [0.2, 0.25) is 0 Å². The van der Waals surface area contributed by atoms with Crippen LogP contribution in [0, 0.1) is 0 Å². The number of fused-ring (bicyclic) bond motifs is 11. The molecule has 1 N–H and O–H groups in total. The predicted octanol–water partition coefficient (Wildman–Crippen LogP) is 8.72. The first kappa shape index (κ1) is 18.6. The number of H-pyrrole nitrogens is 1. The molecule has 0 saturated heterocycles. The van der Waals surface area contributed by atoms with Gasteiger partial charge in [0, 0.05) is 32.9 Å². The summed E-state index contributed by atoms with van der Waals surface area (Å²) in [4.78, 5) is 6.08. The standard InChI is InChI=1S/C32H21N3/c1-2-10-21(11-3-1)34-27-15-7-5-13-24(27)31-20-25-28(35(31)30-17-9-8-16-29(30)34)19-18-23-22-12-4-6-14-26(22)33-32(23)25/h1-20,33H. The third kappa shape index (κ3) is 2.50. The Morgan fingerprint density at radius 2 is 1.23 bits per heavy atom. The number of benzene rings is 5. The fraction of sp³-hybridized carbons (Fsp3) is 0. The molecule has 0 fully saturated rings. The molecule has 0 amide bonds. The molecule has 0 atom stereocenters. The van der Waals surface area contributed by atoms with E-state index in [1.54, 1.807) is 0 Å². The summed E-state index contributed by atoms with van der Waals surface area (Å²) in [6, 6.07) is 43.6. The summed E-state index contributed by atoms with van der Waals surface area (Å²) in [5, 5.41) is 3.77.